The number of aliphatic carboxylic acids is 1. The number of carboxylic acid groups (broad SMARTS) is 1. The molecule has 0 spiro atoms. The minimum atomic E-state index is -0.661. The van der Waals surface area contributed by atoms with E-state index in [9.17, 15) is 14.7 Å². The smallest absolute Gasteiger partial charge is 0.338 e. The summed E-state index contributed by atoms with van der Waals surface area (Å²) in [5, 5.41) is 9.94. The second-order valence-corrected chi connectivity index (χ2v) is 14.1. The van der Waals surface area contributed by atoms with Crippen LogP contribution in [0.1, 0.15) is 102 Å². The van der Waals surface area contributed by atoms with Crippen molar-refractivity contribution in [2.75, 3.05) is 0 Å². The molecule has 0 amide bonds. The van der Waals surface area contributed by atoms with Gasteiger partial charge in [0.05, 0.1) is 23.7 Å². The van der Waals surface area contributed by atoms with Gasteiger partial charge < -0.3 is 25.1 Å². The number of hydrogen-bond acceptors (Lipinski definition) is 6. The molecule has 7 nitrogen and oxygen atoms in total. The number of ether oxygens (including phenoxy) is 3. The molecule has 1 aromatic carbocycles. The minimum Gasteiger partial charge on any atom is -0.481 e. The van der Waals surface area contributed by atoms with Crippen molar-refractivity contribution in [3.8, 4) is 0 Å². The minimum absolute atomic E-state index is 0.179. The fraction of sp³-hybridized carbons (Fsp3) is 0.758. The third kappa shape index (κ3) is 4.51. The Bertz CT molecular complexity index is 1110. The molecule has 6 rings (SSSR count). The number of rotatable bonds is 5. The van der Waals surface area contributed by atoms with Crippen LogP contribution in [0, 0.1) is 34.5 Å². The van der Waals surface area contributed by atoms with E-state index in [0.29, 0.717) is 29.7 Å². The number of hydrogen-bond donors (Lipinski definition) is 2. The quantitative estimate of drug-likeness (QED) is 0.343. The molecule has 3 N–H and O–H groups in total. The Hall–Kier alpha value is -1.96. The van der Waals surface area contributed by atoms with Crippen molar-refractivity contribution < 1.29 is 28.9 Å². The van der Waals surface area contributed by atoms with E-state index in [1.165, 1.54) is 0 Å². The highest BCUT2D eigenvalue weighted by Crippen LogP contribution is 2.68. The van der Waals surface area contributed by atoms with Gasteiger partial charge in [-0.3, -0.25) is 4.79 Å². The lowest BCUT2D eigenvalue weighted by Gasteiger charge is -2.64. The number of nitrogens with two attached hydrogens (primary N) is 1. The van der Waals surface area contributed by atoms with Crippen LogP contribution in [0.2, 0.25) is 0 Å². The largest absolute Gasteiger partial charge is 0.481 e. The maximum absolute atomic E-state index is 12.5. The Morgan fingerprint density at radius 2 is 1.73 bits per heavy atom. The fourth-order valence-corrected chi connectivity index (χ4v) is 9.99. The van der Waals surface area contributed by atoms with E-state index < -0.39 is 5.97 Å². The van der Waals surface area contributed by atoms with Gasteiger partial charge in [-0.2, -0.15) is 0 Å². The van der Waals surface area contributed by atoms with Crippen LogP contribution in [0.5, 0.6) is 0 Å². The van der Waals surface area contributed by atoms with Gasteiger partial charge in [0.15, 0.2) is 6.29 Å². The molecule has 4 saturated carbocycles. The van der Waals surface area contributed by atoms with Crippen molar-refractivity contribution in [3.63, 3.8) is 0 Å². The highest BCUT2D eigenvalue weighted by molar-refractivity contribution is 5.89. The monoisotopic (exact) mass is 553 g/mol. The van der Waals surface area contributed by atoms with E-state index in [1.807, 2.05) is 25.1 Å². The van der Waals surface area contributed by atoms with E-state index in [0.717, 1.165) is 64.2 Å². The summed E-state index contributed by atoms with van der Waals surface area (Å²) in [4.78, 5) is 24.6. The van der Waals surface area contributed by atoms with Crippen LogP contribution in [0.15, 0.2) is 30.3 Å². The van der Waals surface area contributed by atoms with Gasteiger partial charge in [-0.1, -0.05) is 32.0 Å². The molecule has 220 valence electrons. The number of esters is 1. The van der Waals surface area contributed by atoms with Crippen LogP contribution in [0.3, 0.4) is 0 Å². The van der Waals surface area contributed by atoms with Gasteiger partial charge in [0.1, 0.15) is 6.10 Å². The van der Waals surface area contributed by atoms with Crippen LogP contribution >= 0.6 is 0 Å². The van der Waals surface area contributed by atoms with Gasteiger partial charge in [-0.05, 0) is 112 Å². The number of carbonyl (C=O) groups excluding carboxylic acids is 1. The first-order chi connectivity index (χ1) is 19.0. The van der Waals surface area contributed by atoms with Crippen LogP contribution in [-0.2, 0) is 19.0 Å². The molecule has 0 aromatic heterocycles. The normalized spacial score (nSPS) is 46.5. The summed E-state index contributed by atoms with van der Waals surface area (Å²) in [7, 11) is 0. The molecular weight excluding hydrogens is 506 g/mol. The zero-order chi connectivity index (χ0) is 28.3. The Morgan fingerprint density at radius 1 is 0.950 bits per heavy atom. The number of fused-ring (bicyclic) bond motifs is 5. The maximum Gasteiger partial charge on any atom is 0.338 e. The summed E-state index contributed by atoms with van der Waals surface area (Å²) in [6, 6.07) is 9.10. The van der Waals surface area contributed by atoms with E-state index >= 15 is 0 Å². The second-order valence-electron chi connectivity index (χ2n) is 14.1. The van der Waals surface area contributed by atoms with E-state index in [4.69, 9.17) is 19.9 Å². The highest BCUT2D eigenvalue weighted by atomic mass is 16.7. The Kier molecular flexibility index (Phi) is 7.32. The number of carbonyl (C=O) groups is 2. The SMILES string of the molecule is C[C@H]1O[C@H](O[C@H]2CC[C@@]3(C)[C@H](CC[C@@H]4[C@@H]3CC[C@]3(C)[C@@H](C(=O)O)CC[C@]43N)C2)CC[C@@H]1OC(=O)c1ccccc1. The second kappa shape index (κ2) is 10.4. The average molecular weight is 554 g/mol. The summed E-state index contributed by atoms with van der Waals surface area (Å²) in [5.41, 5.74) is 7.39. The molecule has 1 heterocycles. The summed E-state index contributed by atoms with van der Waals surface area (Å²) in [6.07, 6.45) is 9.89. The number of carboxylic acids is 1. The molecule has 1 saturated heterocycles. The zero-order valence-corrected chi connectivity index (χ0v) is 24.3. The van der Waals surface area contributed by atoms with Gasteiger partial charge in [-0.15, -0.1) is 0 Å². The van der Waals surface area contributed by atoms with Crippen LogP contribution in [0.25, 0.3) is 0 Å². The molecule has 0 radical (unpaired) electrons. The fourth-order valence-electron chi connectivity index (χ4n) is 9.99. The molecule has 7 heteroatoms. The predicted octanol–water partition coefficient (Wildman–Crippen LogP) is 5.95. The van der Waals surface area contributed by atoms with Crippen LogP contribution in [0.4, 0.5) is 0 Å². The van der Waals surface area contributed by atoms with Gasteiger partial charge in [0.25, 0.3) is 0 Å². The first-order valence-electron chi connectivity index (χ1n) is 15.6. The predicted molar refractivity (Wildman–Crippen MR) is 150 cm³/mol. The van der Waals surface area contributed by atoms with Crippen molar-refractivity contribution >= 4 is 11.9 Å². The topological polar surface area (TPSA) is 108 Å². The molecule has 40 heavy (non-hydrogen) atoms. The molecule has 5 fully saturated rings. The average Bonchev–Trinajstić information content (AvgIpc) is 3.22. The van der Waals surface area contributed by atoms with E-state index in [2.05, 4.69) is 13.8 Å². The van der Waals surface area contributed by atoms with Gasteiger partial charge in [0, 0.05) is 12.0 Å². The Morgan fingerprint density at radius 3 is 2.45 bits per heavy atom. The first kappa shape index (κ1) is 28.2. The standard InChI is InChI=1S/C33H47NO6/c1-20-27(40-30(37)21-7-5-4-6-8-21)11-12-28(38-20)39-23-13-16-31(2)22(19-23)9-10-25-24(31)14-17-32(3)26(29(35)36)15-18-33(25,32)34/h4-8,20,22-28H,9-19,34H2,1-3H3,(H,35,36)/t20-,22-,23+,24+,25-,26-,27+,28-,31+,32-,33+/m1/s1. The third-order valence-corrected chi connectivity index (χ3v) is 12.4. The van der Waals surface area contributed by atoms with E-state index in [-0.39, 0.29) is 52.9 Å². The molecule has 0 bridgehead atoms. The van der Waals surface area contributed by atoms with Gasteiger partial charge >= 0.3 is 11.9 Å². The van der Waals surface area contributed by atoms with Crippen LogP contribution < -0.4 is 5.73 Å². The molecule has 5 aliphatic rings. The van der Waals surface area contributed by atoms with Crippen molar-refractivity contribution in [2.45, 2.75) is 122 Å². The molecule has 1 aromatic rings. The lowest BCUT2D eigenvalue weighted by Crippen LogP contribution is -2.66. The first-order valence-corrected chi connectivity index (χ1v) is 15.6. The third-order valence-electron chi connectivity index (χ3n) is 12.4. The van der Waals surface area contributed by atoms with Crippen molar-refractivity contribution in [2.24, 2.45) is 40.2 Å². The summed E-state index contributed by atoms with van der Waals surface area (Å²) >= 11 is 0. The molecular formula is C33H47NO6. The van der Waals surface area contributed by atoms with Crippen molar-refractivity contribution in [1.82, 2.24) is 0 Å². The molecule has 11 atom stereocenters. The summed E-state index contributed by atoms with van der Waals surface area (Å²) in [5.74, 6) is 0.285. The van der Waals surface area contributed by atoms with Crippen molar-refractivity contribution in [3.05, 3.63) is 35.9 Å². The summed E-state index contributed by atoms with van der Waals surface area (Å²) < 4.78 is 18.6. The lowest BCUT2D eigenvalue weighted by atomic mass is 9.42. The van der Waals surface area contributed by atoms with Crippen molar-refractivity contribution in [1.29, 1.82) is 0 Å². The Balaban J connectivity index is 1.05. The van der Waals surface area contributed by atoms with Crippen LogP contribution in [-0.4, -0.2) is 47.2 Å². The van der Waals surface area contributed by atoms with Gasteiger partial charge in [-0.25, -0.2) is 4.79 Å². The molecule has 1 aliphatic heterocycles. The number of benzene rings is 1. The zero-order valence-electron chi connectivity index (χ0n) is 24.3. The molecule has 0 unspecified atom stereocenters. The highest BCUT2D eigenvalue weighted by Gasteiger charge is 2.67. The maximum atomic E-state index is 12.5. The van der Waals surface area contributed by atoms with Gasteiger partial charge in [0.2, 0.25) is 0 Å². The van der Waals surface area contributed by atoms with E-state index in [1.54, 1.807) is 12.1 Å². The summed E-state index contributed by atoms with van der Waals surface area (Å²) in [6.45, 7) is 6.63. The lowest BCUT2D eigenvalue weighted by molar-refractivity contribution is -0.247. The molecule has 4 aliphatic carbocycles. The Labute approximate surface area is 238 Å².